The number of rotatable bonds is 3. The minimum Gasteiger partial charge on any atom is -0.392 e. The van der Waals surface area contributed by atoms with Crippen LogP contribution in [0.25, 0.3) is 0 Å². The number of aliphatic hydroxyl groups excluding tert-OH is 1. The van der Waals surface area contributed by atoms with Crippen LogP contribution in [0.4, 0.5) is 0 Å². The van der Waals surface area contributed by atoms with Crippen molar-refractivity contribution in [1.29, 1.82) is 0 Å². The first kappa shape index (κ1) is 9.11. The normalized spacial score (nSPS) is 11.3. The SMILES string of the molecule is C=C(CO)C(=O)/C(C)=C/C. The maximum Gasteiger partial charge on any atom is 0.186 e. The van der Waals surface area contributed by atoms with Crippen LogP contribution in [0, 0.1) is 0 Å². The molecule has 0 aliphatic rings. The number of allylic oxidation sites excluding steroid dienone is 2. The van der Waals surface area contributed by atoms with Crippen LogP contribution in [-0.4, -0.2) is 17.5 Å². The Morgan fingerprint density at radius 3 is 2.50 bits per heavy atom. The van der Waals surface area contributed by atoms with Gasteiger partial charge >= 0.3 is 0 Å². The molecule has 0 aromatic rings. The molecule has 0 unspecified atom stereocenters. The molecule has 0 aromatic carbocycles. The molecule has 0 fully saturated rings. The van der Waals surface area contributed by atoms with Gasteiger partial charge in [-0.05, 0) is 19.4 Å². The third kappa shape index (κ3) is 2.15. The van der Waals surface area contributed by atoms with Crippen LogP contribution in [0.1, 0.15) is 13.8 Å². The van der Waals surface area contributed by atoms with Crippen LogP contribution in [0.2, 0.25) is 0 Å². The van der Waals surface area contributed by atoms with Gasteiger partial charge in [-0.25, -0.2) is 0 Å². The number of ketones is 1. The van der Waals surface area contributed by atoms with Gasteiger partial charge in [-0.2, -0.15) is 0 Å². The highest BCUT2D eigenvalue weighted by atomic mass is 16.3. The van der Waals surface area contributed by atoms with Gasteiger partial charge in [-0.15, -0.1) is 0 Å². The van der Waals surface area contributed by atoms with Gasteiger partial charge in [0.1, 0.15) is 0 Å². The molecule has 0 heterocycles. The van der Waals surface area contributed by atoms with Gasteiger partial charge in [0, 0.05) is 5.57 Å². The van der Waals surface area contributed by atoms with Crippen molar-refractivity contribution < 1.29 is 9.90 Å². The predicted octanol–water partition coefficient (Wildman–Crippen LogP) is 1.07. The van der Waals surface area contributed by atoms with Crippen LogP contribution in [-0.2, 0) is 4.79 Å². The summed E-state index contributed by atoms with van der Waals surface area (Å²) in [6.45, 7) is 6.62. The number of Topliss-reactive ketones (excluding diaryl/α,β-unsaturated/α-hetero) is 1. The molecule has 1 N–H and O–H groups in total. The lowest BCUT2D eigenvalue weighted by molar-refractivity contribution is -0.112. The van der Waals surface area contributed by atoms with E-state index in [0.717, 1.165) is 0 Å². The molecule has 0 atom stereocenters. The smallest absolute Gasteiger partial charge is 0.186 e. The van der Waals surface area contributed by atoms with Gasteiger partial charge in [-0.1, -0.05) is 12.7 Å². The highest BCUT2D eigenvalue weighted by Crippen LogP contribution is 2.01. The number of carbonyl (C=O) groups is 1. The molecule has 2 heteroatoms. The van der Waals surface area contributed by atoms with Crippen molar-refractivity contribution >= 4 is 5.78 Å². The van der Waals surface area contributed by atoms with E-state index in [9.17, 15) is 4.79 Å². The van der Waals surface area contributed by atoms with Gasteiger partial charge in [0.2, 0.25) is 0 Å². The lowest BCUT2D eigenvalue weighted by Crippen LogP contribution is -2.05. The molecule has 0 radical (unpaired) electrons. The number of hydrogen-bond acceptors (Lipinski definition) is 2. The van der Waals surface area contributed by atoms with Gasteiger partial charge in [0.05, 0.1) is 6.61 Å². The summed E-state index contributed by atoms with van der Waals surface area (Å²) in [7, 11) is 0. The van der Waals surface area contributed by atoms with Gasteiger partial charge < -0.3 is 5.11 Å². The Morgan fingerprint density at radius 1 is 1.70 bits per heavy atom. The van der Waals surface area contributed by atoms with Crippen molar-refractivity contribution in [3.05, 3.63) is 23.8 Å². The molecule has 0 aliphatic heterocycles. The lowest BCUT2D eigenvalue weighted by atomic mass is 10.1. The van der Waals surface area contributed by atoms with Crippen molar-refractivity contribution in [2.45, 2.75) is 13.8 Å². The van der Waals surface area contributed by atoms with Crippen molar-refractivity contribution in [2.75, 3.05) is 6.61 Å². The molecule has 0 saturated heterocycles. The summed E-state index contributed by atoms with van der Waals surface area (Å²) in [5, 5.41) is 8.50. The highest BCUT2D eigenvalue weighted by Gasteiger charge is 2.05. The minimum atomic E-state index is -0.260. The topological polar surface area (TPSA) is 37.3 Å². The standard InChI is InChI=1S/C8H12O2/c1-4-6(2)8(10)7(3)5-9/h4,9H,3,5H2,1-2H3/b6-4+. The van der Waals surface area contributed by atoms with Crippen molar-refractivity contribution in [2.24, 2.45) is 0 Å². The molecule has 0 rings (SSSR count). The quantitative estimate of drug-likeness (QED) is 0.595. The molecule has 10 heavy (non-hydrogen) atoms. The maximum absolute atomic E-state index is 11.0. The van der Waals surface area contributed by atoms with Crippen LogP contribution in [0.3, 0.4) is 0 Å². The number of hydrogen-bond donors (Lipinski definition) is 1. The third-order valence-electron chi connectivity index (χ3n) is 1.30. The molecule has 0 amide bonds. The zero-order chi connectivity index (χ0) is 8.15. The second-order valence-corrected chi connectivity index (χ2v) is 2.06. The second-order valence-electron chi connectivity index (χ2n) is 2.06. The zero-order valence-electron chi connectivity index (χ0n) is 6.35. The molecule has 56 valence electrons. The highest BCUT2D eigenvalue weighted by molar-refractivity contribution is 6.07. The van der Waals surface area contributed by atoms with E-state index in [1.54, 1.807) is 19.9 Å². The Hall–Kier alpha value is -0.890. The Labute approximate surface area is 60.9 Å². The molecule has 0 aliphatic carbocycles. The zero-order valence-corrected chi connectivity index (χ0v) is 6.35. The minimum absolute atomic E-state index is 0.162. The first-order valence-corrected chi connectivity index (χ1v) is 3.09. The Bertz CT molecular complexity index is 178. The summed E-state index contributed by atoms with van der Waals surface area (Å²) in [6, 6.07) is 0. The first-order chi connectivity index (χ1) is 4.63. The van der Waals surface area contributed by atoms with Gasteiger partial charge in [-0.3, -0.25) is 4.79 Å². The Balaban J connectivity index is 4.23. The fourth-order valence-electron chi connectivity index (χ4n) is 0.482. The largest absolute Gasteiger partial charge is 0.392 e. The van der Waals surface area contributed by atoms with E-state index in [2.05, 4.69) is 6.58 Å². The van der Waals surface area contributed by atoms with Crippen LogP contribution >= 0.6 is 0 Å². The average molecular weight is 140 g/mol. The van der Waals surface area contributed by atoms with Crippen LogP contribution in [0.5, 0.6) is 0 Å². The van der Waals surface area contributed by atoms with E-state index < -0.39 is 0 Å². The molecule has 0 spiro atoms. The van der Waals surface area contributed by atoms with Crippen molar-refractivity contribution in [3.8, 4) is 0 Å². The van der Waals surface area contributed by atoms with E-state index in [0.29, 0.717) is 5.57 Å². The van der Waals surface area contributed by atoms with Crippen molar-refractivity contribution in [3.63, 3.8) is 0 Å². The summed E-state index contributed by atoms with van der Waals surface area (Å²) in [5.74, 6) is -0.162. The molecular formula is C8H12O2. The maximum atomic E-state index is 11.0. The van der Waals surface area contributed by atoms with Crippen molar-refractivity contribution in [1.82, 2.24) is 0 Å². The molecular weight excluding hydrogens is 128 g/mol. The molecule has 2 nitrogen and oxygen atoms in total. The summed E-state index contributed by atoms with van der Waals surface area (Å²) in [5.41, 5.74) is 0.870. The van der Waals surface area contributed by atoms with Gasteiger partial charge in [0.25, 0.3) is 0 Å². The van der Waals surface area contributed by atoms with Gasteiger partial charge in [0.15, 0.2) is 5.78 Å². The van der Waals surface area contributed by atoms with Crippen LogP contribution in [0.15, 0.2) is 23.8 Å². The average Bonchev–Trinajstić information content (AvgIpc) is 2.00. The molecule has 0 aromatic heterocycles. The van der Waals surface area contributed by atoms with E-state index in [4.69, 9.17) is 5.11 Å². The Morgan fingerprint density at radius 2 is 2.20 bits per heavy atom. The first-order valence-electron chi connectivity index (χ1n) is 3.09. The van der Waals surface area contributed by atoms with E-state index in [1.807, 2.05) is 0 Å². The fraction of sp³-hybridized carbons (Fsp3) is 0.375. The third-order valence-corrected chi connectivity index (χ3v) is 1.30. The number of carbonyl (C=O) groups excluding carboxylic acids is 1. The second kappa shape index (κ2) is 4.01. The summed E-state index contributed by atoms with van der Waals surface area (Å²) in [6.07, 6.45) is 1.70. The monoisotopic (exact) mass is 140 g/mol. The Kier molecular flexibility index (Phi) is 3.65. The predicted molar refractivity (Wildman–Crippen MR) is 40.7 cm³/mol. The summed E-state index contributed by atoms with van der Waals surface area (Å²) < 4.78 is 0. The lowest BCUT2D eigenvalue weighted by Gasteiger charge is -1.98. The van der Waals surface area contributed by atoms with E-state index >= 15 is 0 Å². The number of aliphatic hydroxyl groups is 1. The van der Waals surface area contributed by atoms with Crippen LogP contribution < -0.4 is 0 Å². The molecule has 0 bridgehead atoms. The fourth-order valence-corrected chi connectivity index (χ4v) is 0.482. The summed E-state index contributed by atoms with van der Waals surface area (Å²) in [4.78, 5) is 11.0. The van der Waals surface area contributed by atoms with E-state index in [1.165, 1.54) is 0 Å². The summed E-state index contributed by atoms with van der Waals surface area (Å²) >= 11 is 0. The molecule has 0 saturated carbocycles. The van der Waals surface area contributed by atoms with E-state index in [-0.39, 0.29) is 18.0 Å².